The van der Waals surface area contributed by atoms with Crippen molar-refractivity contribution in [3.05, 3.63) is 254 Å². The lowest BCUT2D eigenvalue weighted by Crippen LogP contribution is -2.39. The fourth-order valence-electron chi connectivity index (χ4n) is 15.5. The molecule has 2 saturated carbocycles. The highest BCUT2D eigenvalue weighted by Gasteiger charge is 2.24. The van der Waals surface area contributed by atoms with Gasteiger partial charge in [-0.25, -0.2) is 42.5 Å². The number of nitrogens with zero attached hydrogens (tertiary/aromatic N) is 4. The molecule has 1 unspecified atom stereocenters. The number of aryl methyl sites for hydroxylation is 5. The van der Waals surface area contributed by atoms with Gasteiger partial charge in [0, 0.05) is 70.8 Å². The summed E-state index contributed by atoms with van der Waals surface area (Å²) in [5.41, 5.74) is 12.3. The Balaban J connectivity index is 0.000000193. The summed E-state index contributed by atoms with van der Waals surface area (Å²) in [4.78, 5) is 114. The highest BCUT2D eigenvalue weighted by atomic mass is 32.2. The Hall–Kier alpha value is -12.3. The zero-order valence-electron chi connectivity index (χ0n) is 81.1. The minimum atomic E-state index is -3.55. The Morgan fingerprint density at radius 2 is 0.768 bits per heavy atom. The molecule has 0 saturated heterocycles. The lowest BCUT2D eigenvalue weighted by Gasteiger charge is -2.26. The van der Waals surface area contributed by atoms with Crippen molar-refractivity contribution < 1.29 is 76.3 Å². The normalized spacial score (nSPS) is 13.7. The third-order valence-electron chi connectivity index (χ3n) is 23.5. The van der Waals surface area contributed by atoms with E-state index in [1.165, 1.54) is 147 Å². The Labute approximate surface area is 825 Å². The number of nitrogens with one attached hydrogen (secondary N) is 5. The maximum Gasteiger partial charge on any atom is 0.335 e. The number of hydrogen-bond donors (Lipinski definition) is 8. The second-order valence-corrected chi connectivity index (χ2v) is 41.0. The third kappa shape index (κ3) is 38.9. The van der Waals surface area contributed by atoms with Crippen LogP contribution in [0.5, 0.6) is 17.6 Å². The first-order valence-electron chi connectivity index (χ1n) is 48.1. The van der Waals surface area contributed by atoms with E-state index in [4.69, 9.17) is 29.5 Å². The van der Waals surface area contributed by atoms with Gasteiger partial charge in [-0.05, 0) is 223 Å². The van der Waals surface area contributed by atoms with E-state index < -0.39 is 33.8 Å². The summed E-state index contributed by atoms with van der Waals surface area (Å²) in [7, 11) is -3.55. The molecule has 5 amide bonds. The Morgan fingerprint density at radius 3 is 1.14 bits per heavy atom. The van der Waals surface area contributed by atoms with Gasteiger partial charge in [-0.3, -0.25) is 29.0 Å². The standard InChI is InChI=1S/C27H32N2O.C22H29NO3S.2C20H24N2O4S.C20H26N2O4S/c1-2-3-4-5-6-9-22-11-13-23(14-12-22)24-15-17-25(18-16-24)27(30)29-21-19-26-10-7-8-20-28-26;1-3-4-5-6-7-8-9-18-10-12-19(13-11-18)20-14-16-21(17-15-20)22(24)23-27(2,25)26;1-12-3-9-16(10-4-12)21-17(23)11-26-18-13(2)27-19(22-18)14-5-7-15(8-6-14)20(24)25;1-13-18(26-12-17(23)21-16-6-4-2-3-5-7-16)22-19(27-13)14-8-10-15(11-9-14)20(24)25;1-12(2)5-6-13(3)21-17(23)11-26-18-14(4)27-19(22-18)15-7-9-16(10-8-15)20(24)25/h7-8,10-18,20H,2-6,9,19,21H2,1H3,(H,29,30);10-17H,3-9H2,1-2H3,(H,23,24);5-8,12,16H,3-4,9-11H2,1-2H3,(H,21,23)(H,24,25);8-11,16H,2-7,12H2,1H3,(H,21,23)(H,24,25);7-10,12-13H,5-6,11H2,1-4H3,(H,21,23)(H,24,25). The largest absolute Gasteiger partial charge is 0.478 e. The number of carboxylic acids is 3. The van der Waals surface area contributed by atoms with Crippen LogP contribution in [0.2, 0.25) is 0 Å². The number of carbonyl (C=O) groups is 8. The van der Waals surface area contributed by atoms with Crippen LogP contribution >= 0.6 is 34.0 Å². The number of sulfonamides is 1. The van der Waals surface area contributed by atoms with Gasteiger partial charge in [0.25, 0.3) is 29.5 Å². The number of aromatic carboxylic acids is 3. The number of amides is 5. The number of ether oxygens (including phenoxy) is 3. The fourth-order valence-corrected chi connectivity index (χ4v) is 18.6. The second-order valence-electron chi connectivity index (χ2n) is 35.6. The topological polar surface area (TPSA) is 371 Å². The second kappa shape index (κ2) is 57.8. The van der Waals surface area contributed by atoms with Crippen molar-refractivity contribution in [2.45, 2.75) is 247 Å². The summed E-state index contributed by atoms with van der Waals surface area (Å²) < 4.78 is 41.1. The van der Waals surface area contributed by atoms with Crippen LogP contribution in [0.25, 0.3) is 54.0 Å². The van der Waals surface area contributed by atoms with Gasteiger partial charge in [0.2, 0.25) is 27.7 Å². The number of thiazole rings is 3. The van der Waals surface area contributed by atoms with Crippen molar-refractivity contribution in [1.82, 2.24) is 45.9 Å². The van der Waals surface area contributed by atoms with Gasteiger partial charge in [-0.15, -0.1) is 34.0 Å². The highest BCUT2D eigenvalue weighted by Crippen LogP contribution is 2.36. The molecule has 1 atom stereocenters. The zero-order valence-corrected chi connectivity index (χ0v) is 84.4. The number of carboxylic acid groups (broad SMARTS) is 3. The van der Waals surface area contributed by atoms with Crippen LogP contribution in [0.3, 0.4) is 0 Å². The van der Waals surface area contributed by atoms with Gasteiger partial charge >= 0.3 is 17.9 Å². The maximum atomic E-state index is 12.4. The molecule has 4 aromatic heterocycles. The molecule has 0 bridgehead atoms. The molecule has 13 rings (SSSR count). The van der Waals surface area contributed by atoms with Crippen LogP contribution < -0.4 is 40.2 Å². The quantitative estimate of drug-likeness (QED) is 0.0130. The highest BCUT2D eigenvalue weighted by molar-refractivity contribution is 7.89. The molecule has 0 aliphatic heterocycles. The van der Waals surface area contributed by atoms with E-state index in [1.54, 1.807) is 91.1 Å². The molecule has 736 valence electrons. The minimum absolute atomic E-state index is 0.0432. The molecule has 2 aliphatic carbocycles. The van der Waals surface area contributed by atoms with Crippen LogP contribution in [-0.4, -0.2) is 142 Å². The van der Waals surface area contributed by atoms with E-state index in [-0.39, 0.29) is 78.3 Å². The average Bonchev–Trinajstić information content (AvgIpc) is 1.65. The average molecular weight is 1960 g/mol. The molecular formula is C109H135N9O16S4. The summed E-state index contributed by atoms with van der Waals surface area (Å²) in [5, 5.41) is 41.1. The van der Waals surface area contributed by atoms with Crippen molar-refractivity contribution in [2.24, 2.45) is 11.8 Å². The van der Waals surface area contributed by atoms with Crippen molar-refractivity contribution in [3.63, 3.8) is 0 Å². The van der Waals surface area contributed by atoms with E-state index in [0.29, 0.717) is 41.2 Å². The number of rotatable bonds is 42. The summed E-state index contributed by atoms with van der Waals surface area (Å²) in [6.07, 6.45) is 33.4. The Morgan fingerprint density at radius 1 is 0.413 bits per heavy atom. The molecule has 2 fully saturated rings. The number of unbranched alkanes of at least 4 members (excludes halogenated alkanes) is 9. The first kappa shape index (κ1) is 109. The zero-order chi connectivity index (χ0) is 99.3. The van der Waals surface area contributed by atoms with Gasteiger partial charge in [0.15, 0.2) is 19.8 Å². The summed E-state index contributed by atoms with van der Waals surface area (Å²) in [5.74, 6) is -1.23. The van der Waals surface area contributed by atoms with E-state index in [2.05, 4.69) is 124 Å². The molecule has 138 heavy (non-hydrogen) atoms. The maximum absolute atomic E-state index is 12.4. The van der Waals surface area contributed by atoms with Crippen molar-refractivity contribution >= 4 is 91.5 Å². The van der Waals surface area contributed by atoms with E-state index in [0.717, 1.165) is 152 Å². The molecule has 4 heterocycles. The van der Waals surface area contributed by atoms with Gasteiger partial charge in [0.05, 0.1) is 37.6 Å². The fraction of sp³-hybridized carbons (Fsp3) is 0.413. The molecule has 2 aliphatic rings. The van der Waals surface area contributed by atoms with Gasteiger partial charge in [-0.1, -0.05) is 233 Å². The summed E-state index contributed by atoms with van der Waals surface area (Å²) in [6.45, 7) is 19.1. The molecular weight excluding hydrogens is 1820 g/mol. The first-order valence-corrected chi connectivity index (χ1v) is 52.5. The number of pyridine rings is 1. The summed E-state index contributed by atoms with van der Waals surface area (Å²) in [6, 6.07) is 58.2. The van der Waals surface area contributed by atoms with Crippen LogP contribution in [0.15, 0.2) is 194 Å². The number of benzene rings is 7. The summed E-state index contributed by atoms with van der Waals surface area (Å²) >= 11 is 4.35. The molecule has 0 spiro atoms. The Bertz CT molecular complexity index is 5740. The molecule has 8 N–H and O–H groups in total. The Kier molecular flexibility index (Phi) is 45.8. The smallest absolute Gasteiger partial charge is 0.335 e. The number of carbonyl (C=O) groups excluding carboxylic acids is 5. The van der Waals surface area contributed by atoms with E-state index in [1.807, 2.05) is 87.0 Å². The predicted octanol–water partition coefficient (Wildman–Crippen LogP) is 23.2. The lowest BCUT2D eigenvalue weighted by atomic mass is 9.87. The van der Waals surface area contributed by atoms with E-state index >= 15 is 0 Å². The number of aromatic nitrogens is 4. The van der Waals surface area contributed by atoms with Crippen LogP contribution in [0.4, 0.5) is 0 Å². The van der Waals surface area contributed by atoms with Crippen LogP contribution in [-0.2, 0) is 43.7 Å². The van der Waals surface area contributed by atoms with Crippen molar-refractivity contribution in [2.75, 3.05) is 32.6 Å². The van der Waals surface area contributed by atoms with Crippen LogP contribution in [0, 0.1) is 32.6 Å². The monoisotopic (exact) mass is 1950 g/mol. The SMILES string of the molecule is CCCCCCCCc1ccc(-c2ccc(C(=O)NS(C)(=O)=O)cc2)cc1.CCCCCCCc1ccc(-c2ccc(C(=O)NCCc3ccccn3)cc2)cc1.Cc1sc(-c2ccc(C(=O)O)cc2)nc1OCC(=O)NC(C)CCC(C)C.Cc1sc(-c2ccc(C(=O)O)cc2)nc1OCC(=O)NC1CCC(C)CC1.Cc1sc(-c2ccc(C(=O)O)cc2)nc1OCC(=O)NC1CCCCCC1. The van der Waals surface area contributed by atoms with Gasteiger partial charge in [0.1, 0.15) is 15.0 Å². The van der Waals surface area contributed by atoms with E-state index in [9.17, 15) is 46.8 Å². The van der Waals surface area contributed by atoms with Crippen molar-refractivity contribution in [1.29, 1.82) is 0 Å². The van der Waals surface area contributed by atoms with Gasteiger partial charge < -0.3 is 50.8 Å². The lowest BCUT2D eigenvalue weighted by molar-refractivity contribution is -0.124. The molecule has 11 aromatic rings. The molecule has 29 heteroatoms. The molecule has 0 radical (unpaired) electrons. The minimum Gasteiger partial charge on any atom is -0.478 e. The van der Waals surface area contributed by atoms with Crippen LogP contribution in [0.1, 0.15) is 272 Å². The third-order valence-corrected chi connectivity index (χ3v) is 27.1. The van der Waals surface area contributed by atoms with Gasteiger partial charge in [-0.2, -0.15) is 0 Å². The van der Waals surface area contributed by atoms with Crippen molar-refractivity contribution in [3.8, 4) is 71.6 Å². The first-order chi connectivity index (χ1) is 66.3. The molecule has 25 nitrogen and oxygen atoms in total. The predicted molar refractivity (Wildman–Crippen MR) is 551 cm³/mol. The molecule has 7 aromatic carbocycles. The number of hydrogen-bond acceptors (Lipinski definition) is 20.